The molecule has 4 aromatic carbocycles. The molecule has 4 aromatic heterocycles. The van der Waals surface area contributed by atoms with E-state index in [-0.39, 0.29) is 52.9 Å². The third kappa shape index (κ3) is 6.37. The third-order valence-corrected chi connectivity index (χ3v) is 13.5. The van der Waals surface area contributed by atoms with Gasteiger partial charge in [0, 0.05) is 16.9 Å². The number of fused-ring (bicyclic) bond motifs is 5. The van der Waals surface area contributed by atoms with E-state index in [1.807, 2.05) is 98.0 Å². The van der Waals surface area contributed by atoms with Gasteiger partial charge in [-0.1, -0.05) is 121 Å². The van der Waals surface area contributed by atoms with Crippen molar-refractivity contribution in [3.05, 3.63) is 161 Å². The predicted molar refractivity (Wildman–Crippen MR) is 232 cm³/mol. The number of aromatic nitrogens is 5. The molecule has 8 aromatic rings. The van der Waals surface area contributed by atoms with E-state index in [1.54, 1.807) is 6.20 Å². The summed E-state index contributed by atoms with van der Waals surface area (Å²) in [6, 6.07) is 40.5. The molecule has 2 bridgehead atoms. The summed E-state index contributed by atoms with van der Waals surface area (Å²) in [5.74, 6) is -0.641. The van der Waals surface area contributed by atoms with Crippen molar-refractivity contribution >= 4 is 56.0 Å². The van der Waals surface area contributed by atoms with Gasteiger partial charge in [-0.25, -0.2) is 24.3 Å². The Balaban J connectivity index is 1.24. The minimum atomic E-state index is -0.952. The first kappa shape index (κ1) is 37.3. The second-order valence-corrected chi connectivity index (χ2v) is 16.9. The Bertz CT molecular complexity index is 2680. The largest absolute Gasteiger partial charge is 0.466 e. The molecule has 11 rings (SSSR count). The van der Waals surface area contributed by atoms with Gasteiger partial charge in [0.25, 0.3) is 0 Å². The van der Waals surface area contributed by atoms with E-state index in [1.165, 1.54) is 11.3 Å². The van der Waals surface area contributed by atoms with Gasteiger partial charge in [-0.3, -0.25) is 4.79 Å². The summed E-state index contributed by atoms with van der Waals surface area (Å²) in [7, 11) is 0. The first-order valence-electron chi connectivity index (χ1n) is 20.1. The maximum atomic E-state index is 17.3. The molecule has 11 heteroatoms. The fraction of sp³-hybridized carbons (Fsp3) is 0.229. The summed E-state index contributed by atoms with van der Waals surface area (Å²) >= 11 is 8.15. The molecule has 3 saturated carbocycles. The number of nitrogens with one attached hydrogen (secondary N) is 1. The van der Waals surface area contributed by atoms with E-state index in [0.717, 1.165) is 52.5 Å². The molecule has 0 radical (unpaired) electrons. The van der Waals surface area contributed by atoms with Gasteiger partial charge in [0.15, 0.2) is 23.1 Å². The lowest BCUT2D eigenvalue weighted by Gasteiger charge is -2.47. The fourth-order valence-electron chi connectivity index (χ4n) is 9.66. The number of halogens is 2. The van der Waals surface area contributed by atoms with E-state index in [4.69, 9.17) is 36.3 Å². The second kappa shape index (κ2) is 15.3. The van der Waals surface area contributed by atoms with E-state index >= 15 is 4.39 Å². The summed E-state index contributed by atoms with van der Waals surface area (Å²) < 4.78 is 26.1. The molecule has 3 aliphatic carbocycles. The van der Waals surface area contributed by atoms with E-state index in [9.17, 15) is 4.79 Å². The smallest absolute Gasteiger partial charge is 0.311 e. The van der Waals surface area contributed by atoms with Gasteiger partial charge in [0.1, 0.15) is 21.9 Å². The van der Waals surface area contributed by atoms with Gasteiger partial charge < -0.3 is 14.6 Å². The Morgan fingerprint density at radius 3 is 2.08 bits per heavy atom. The minimum Gasteiger partial charge on any atom is -0.466 e. The van der Waals surface area contributed by atoms with Crippen molar-refractivity contribution in [3.8, 4) is 22.0 Å². The number of ether oxygens (including phenoxy) is 1. The molecule has 0 aliphatic heterocycles. The zero-order valence-corrected chi connectivity index (χ0v) is 33.8. The summed E-state index contributed by atoms with van der Waals surface area (Å²) in [5.41, 5.74) is 3.70. The quantitative estimate of drug-likeness (QED) is 0.108. The van der Waals surface area contributed by atoms with E-state index in [2.05, 4.69) is 46.3 Å². The lowest BCUT2D eigenvalue weighted by Crippen LogP contribution is -2.52. The van der Waals surface area contributed by atoms with Crippen LogP contribution in [0, 0.1) is 23.6 Å². The van der Waals surface area contributed by atoms with Crippen LogP contribution in [-0.2, 0) is 15.1 Å². The molecule has 0 spiro atoms. The molecule has 8 nitrogen and oxygen atoms in total. The average molecular weight is 819 g/mol. The van der Waals surface area contributed by atoms with Crippen molar-refractivity contribution in [3.63, 3.8) is 0 Å². The van der Waals surface area contributed by atoms with Crippen molar-refractivity contribution in [1.29, 1.82) is 0 Å². The van der Waals surface area contributed by atoms with Crippen molar-refractivity contribution in [2.75, 3.05) is 11.9 Å². The van der Waals surface area contributed by atoms with Gasteiger partial charge in [-0.05, 0) is 78.7 Å². The maximum Gasteiger partial charge on any atom is 0.311 e. The number of carbonyl (C=O) groups is 1. The van der Waals surface area contributed by atoms with Crippen LogP contribution < -0.4 is 5.32 Å². The SMILES string of the molecule is CCOC(=O)[C@@H]1C2CCC(CC2)[C@H]1Nc1nc(-c2cn(C(c3ccccc3)(c3ccccc3)c3ccccc3)c3ncc(Cl)nc23)nc(-c2cc3ccccc3s2)c1F. The topological polar surface area (TPSA) is 94.8 Å². The number of hydrogen-bond donors (Lipinski definition) is 1. The number of rotatable bonds is 10. The summed E-state index contributed by atoms with van der Waals surface area (Å²) in [6.07, 6.45) is 7.31. The highest BCUT2D eigenvalue weighted by Crippen LogP contribution is 2.48. The van der Waals surface area contributed by atoms with Crippen LogP contribution in [0.1, 0.15) is 49.3 Å². The molecular formula is C48H40ClFN6O2S. The van der Waals surface area contributed by atoms with Gasteiger partial charge in [0.2, 0.25) is 0 Å². The third-order valence-electron chi connectivity index (χ3n) is 12.2. The summed E-state index contributed by atoms with van der Waals surface area (Å²) in [6.45, 7) is 2.11. The molecule has 0 saturated heterocycles. The summed E-state index contributed by atoms with van der Waals surface area (Å²) in [5, 5.41) is 4.69. The Labute approximate surface area is 350 Å². The van der Waals surface area contributed by atoms with Gasteiger partial charge >= 0.3 is 5.97 Å². The van der Waals surface area contributed by atoms with Crippen LogP contribution in [0.4, 0.5) is 10.2 Å². The Hall–Kier alpha value is -5.97. The zero-order chi connectivity index (χ0) is 40.1. The lowest BCUT2D eigenvalue weighted by molar-refractivity contribution is -0.154. The zero-order valence-electron chi connectivity index (χ0n) is 32.3. The summed E-state index contributed by atoms with van der Waals surface area (Å²) in [4.78, 5) is 34.1. The van der Waals surface area contributed by atoms with Gasteiger partial charge in [-0.2, -0.15) is 0 Å². The van der Waals surface area contributed by atoms with Gasteiger partial charge in [-0.15, -0.1) is 11.3 Å². The van der Waals surface area contributed by atoms with Crippen molar-refractivity contribution in [2.24, 2.45) is 17.8 Å². The molecule has 2 atom stereocenters. The molecule has 294 valence electrons. The van der Waals surface area contributed by atoms with Crippen LogP contribution in [0.3, 0.4) is 0 Å². The first-order chi connectivity index (χ1) is 28.9. The molecule has 4 heterocycles. The number of carbonyl (C=O) groups excluding carboxylic acids is 1. The monoisotopic (exact) mass is 818 g/mol. The van der Waals surface area contributed by atoms with Gasteiger partial charge in [0.05, 0.1) is 29.2 Å². The maximum absolute atomic E-state index is 17.3. The van der Waals surface area contributed by atoms with E-state index in [0.29, 0.717) is 21.6 Å². The van der Waals surface area contributed by atoms with Crippen LogP contribution in [-0.4, -0.2) is 43.1 Å². The van der Waals surface area contributed by atoms with E-state index < -0.39 is 17.3 Å². The van der Waals surface area contributed by atoms with Crippen LogP contribution in [0.2, 0.25) is 5.15 Å². The van der Waals surface area contributed by atoms with Crippen LogP contribution >= 0.6 is 22.9 Å². The van der Waals surface area contributed by atoms with Crippen LogP contribution in [0.15, 0.2) is 134 Å². The van der Waals surface area contributed by atoms with Crippen molar-refractivity contribution < 1.29 is 13.9 Å². The first-order valence-corrected chi connectivity index (χ1v) is 21.3. The number of hydrogen-bond acceptors (Lipinski definition) is 8. The highest BCUT2D eigenvalue weighted by Gasteiger charge is 2.48. The number of nitrogens with zero attached hydrogens (tertiary/aromatic N) is 5. The van der Waals surface area contributed by atoms with Crippen molar-refractivity contribution in [2.45, 2.75) is 44.2 Å². The molecule has 59 heavy (non-hydrogen) atoms. The number of thiophene rings is 1. The molecule has 0 amide bonds. The molecule has 0 unspecified atom stereocenters. The Morgan fingerprint density at radius 2 is 1.46 bits per heavy atom. The van der Waals surface area contributed by atoms with Crippen LogP contribution in [0.5, 0.6) is 0 Å². The number of anilines is 1. The number of benzene rings is 4. The van der Waals surface area contributed by atoms with Crippen LogP contribution in [0.25, 0.3) is 43.2 Å². The highest BCUT2D eigenvalue weighted by atomic mass is 35.5. The average Bonchev–Trinajstić information content (AvgIpc) is 3.88. The fourth-order valence-corrected chi connectivity index (χ4v) is 10.8. The second-order valence-electron chi connectivity index (χ2n) is 15.4. The lowest BCUT2D eigenvalue weighted by atomic mass is 9.61. The minimum absolute atomic E-state index is 0.0330. The molecular weight excluding hydrogens is 779 g/mol. The highest BCUT2D eigenvalue weighted by molar-refractivity contribution is 7.22. The Kier molecular flexibility index (Phi) is 9.69. The Morgan fingerprint density at radius 1 is 0.847 bits per heavy atom. The predicted octanol–water partition coefficient (Wildman–Crippen LogP) is 11.2. The normalized spacial score (nSPS) is 19.0. The number of esters is 1. The van der Waals surface area contributed by atoms with Crippen molar-refractivity contribution in [1.82, 2.24) is 24.5 Å². The molecule has 3 fully saturated rings. The molecule has 3 aliphatic rings. The standard InChI is InChI=1S/C48H40ClFN6O2S/c1-2-58-47(57)39-29-22-24-30(25-23-29)41(39)53-45-40(50)43(37-26-31-14-12-13-21-36(31)59-37)54-44(55-45)35-28-56(46-42(35)52-38(49)27-51-46)48(32-15-6-3-7-16-32,33-17-8-4-9-18-33)34-19-10-5-11-20-34/h3-21,26-30,39,41H,2,22-25H2,1H3,(H,53,54,55)/t29?,30?,39-,41-/m1/s1. The molecule has 1 N–H and O–H groups in total.